The Labute approximate surface area is 249 Å². The number of hydrogen-bond donors (Lipinski definition) is 1. The van der Waals surface area contributed by atoms with Crippen LogP contribution in [-0.2, 0) is 16.0 Å². The number of amides is 1. The largest absolute Gasteiger partial charge is 0.444 e. The number of benzene rings is 1. The van der Waals surface area contributed by atoms with Gasteiger partial charge in [-0.1, -0.05) is 24.3 Å². The molecule has 5 rings (SSSR count). The Bertz CT molecular complexity index is 1640. The van der Waals surface area contributed by atoms with Crippen LogP contribution in [0.5, 0.6) is 0 Å². The van der Waals surface area contributed by atoms with E-state index in [0.29, 0.717) is 50.0 Å². The summed E-state index contributed by atoms with van der Waals surface area (Å²) < 4.78 is 12.6. The second-order valence-corrected chi connectivity index (χ2v) is 12.5. The molecule has 222 valence electrons. The van der Waals surface area contributed by atoms with Crippen molar-refractivity contribution >= 4 is 34.2 Å². The molecule has 1 aromatic carbocycles. The second-order valence-electron chi connectivity index (χ2n) is 11.5. The summed E-state index contributed by atoms with van der Waals surface area (Å²) >= 11 is 1.66. The Hall–Kier alpha value is -3.96. The van der Waals surface area contributed by atoms with Crippen LogP contribution in [-0.4, -0.2) is 64.6 Å². The molecule has 1 amide bonds. The number of carbonyl (C=O) groups excluding carboxylic acids is 1. The first-order valence-corrected chi connectivity index (χ1v) is 15.0. The number of anilines is 1. The Morgan fingerprint density at radius 2 is 1.93 bits per heavy atom. The molecule has 0 saturated carbocycles. The maximum Gasteiger partial charge on any atom is 0.410 e. The van der Waals surface area contributed by atoms with Crippen LogP contribution in [0.1, 0.15) is 50.0 Å². The number of ether oxygens (including phenoxy) is 2. The summed E-state index contributed by atoms with van der Waals surface area (Å²) in [5.41, 5.74) is 3.13. The van der Waals surface area contributed by atoms with Crippen molar-refractivity contribution in [3.8, 4) is 11.1 Å². The highest BCUT2D eigenvalue weighted by Crippen LogP contribution is 2.34. The molecular weight excluding hydrogens is 552 g/mol. The van der Waals surface area contributed by atoms with E-state index in [4.69, 9.17) is 14.5 Å². The normalized spacial score (nSPS) is 14.6. The average Bonchev–Trinajstić information content (AvgIpc) is 3.43. The van der Waals surface area contributed by atoms with E-state index in [9.17, 15) is 9.59 Å². The SMILES string of the molecule is Cc1nc(NC(C)c2cc(-c3ccccc3CN(C)C(=O)OC(C)(C)C)cs2)c2cn(N3CCOCC3)c(=O)cc2n1. The molecule has 1 aliphatic rings. The predicted octanol–water partition coefficient (Wildman–Crippen LogP) is 5.34. The lowest BCUT2D eigenvalue weighted by molar-refractivity contribution is 0.0285. The van der Waals surface area contributed by atoms with Crippen molar-refractivity contribution in [1.29, 1.82) is 0 Å². The van der Waals surface area contributed by atoms with Gasteiger partial charge in [-0.3, -0.25) is 4.79 Å². The summed E-state index contributed by atoms with van der Waals surface area (Å²) in [6.45, 7) is 12.4. The molecule has 1 fully saturated rings. The van der Waals surface area contributed by atoms with Gasteiger partial charge in [-0.05, 0) is 62.8 Å². The van der Waals surface area contributed by atoms with Gasteiger partial charge in [0.1, 0.15) is 17.2 Å². The number of aromatic nitrogens is 3. The van der Waals surface area contributed by atoms with Gasteiger partial charge in [0.05, 0.1) is 43.2 Å². The molecule has 1 aliphatic heterocycles. The monoisotopic (exact) mass is 590 g/mol. The average molecular weight is 591 g/mol. The summed E-state index contributed by atoms with van der Waals surface area (Å²) in [4.78, 5) is 37.5. The van der Waals surface area contributed by atoms with Crippen molar-refractivity contribution in [1.82, 2.24) is 19.5 Å². The number of nitrogens with zero attached hydrogens (tertiary/aromatic N) is 5. The Morgan fingerprint density at radius 1 is 1.19 bits per heavy atom. The van der Waals surface area contributed by atoms with Crippen LogP contribution in [0.4, 0.5) is 10.6 Å². The summed E-state index contributed by atoms with van der Waals surface area (Å²) in [7, 11) is 1.75. The van der Waals surface area contributed by atoms with E-state index < -0.39 is 5.60 Å². The fourth-order valence-corrected chi connectivity index (χ4v) is 5.82. The predicted molar refractivity (Wildman–Crippen MR) is 167 cm³/mol. The highest BCUT2D eigenvalue weighted by molar-refractivity contribution is 7.10. The second kappa shape index (κ2) is 12.1. The zero-order chi connectivity index (χ0) is 30.0. The van der Waals surface area contributed by atoms with Crippen LogP contribution in [0.25, 0.3) is 22.0 Å². The standard InChI is InChI=1S/C31H38N6O4S/c1-20(32-29-25-18-37(36-11-13-40-14-12-36)28(38)16-26(25)33-21(2)34-29)27-15-23(19-42-27)24-10-8-7-9-22(24)17-35(6)30(39)41-31(3,4)5/h7-10,15-16,18-20H,11-14,17H2,1-6H3,(H,32,33,34). The number of morpholine rings is 1. The number of nitrogens with one attached hydrogen (secondary N) is 1. The third kappa shape index (κ3) is 6.74. The van der Waals surface area contributed by atoms with Crippen LogP contribution in [0, 0.1) is 6.92 Å². The van der Waals surface area contributed by atoms with Gasteiger partial charge in [-0.25, -0.2) is 19.4 Å². The fraction of sp³-hybridized carbons (Fsp3) is 0.419. The van der Waals surface area contributed by atoms with Gasteiger partial charge < -0.3 is 24.7 Å². The zero-order valence-electron chi connectivity index (χ0n) is 25.0. The van der Waals surface area contributed by atoms with Crippen molar-refractivity contribution < 1.29 is 14.3 Å². The number of pyridine rings is 1. The van der Waals surface area contributed by atoms with E-state index in [1.807, 2.05) is 57.1 Å². The molecule has 1 atom stereocenters. The number of aryl methyl sites for hydroxylation is 1. The van der Waals surface area contributed by atoms with Crippen molar-refractivity contribution in [3.05, 3.63) is 74.6 Å². The Kier molecular flexibility index (Phi) is 8.51. The summed E-state index contributed by atoms with van der Waals surface area (Å²) in [6.07, 6.45) is 1.47. The maximum atomic E-state index is 12.9. The molecule has 11 heteroatoms. The molecule has 4 heterocycles. The molecule has 3 aromatic heterocycles. The Balaban J connectivity index is 1.38. The minimum absolute atomic E-state index is 0.0541. The third-order valence-corrected chi connectivity index (χ3v) is 8.07. The highest BCUT2D eigenvalue weighted by atomic mass is 32.1. The van der Waals surface area contributed by atoms with Crippen LogP contribution in [0.15, 0.2) is 52.8 Å². The molecule has 0 radical (unpaired) electrons. The molecule has 4 aromatic rings. The van der Waals surface area contributed by atoms with Crippen LogP contribution >= 0.6 is 11.3 Å². The smallest absolute Gasteiger partial charge is 0.410 e. The van der Waals surface area contributed by atoms with Crippen LogP contribution in [0.3, 0.4) is 0 Å². The first-order valence-electron chi connectivity index (χ1n) is 14.1. The van der Waals surface area contributed by atoms with Gasteiger partial charge in [0.2, 0.25) is 0 Å². The number of carbonyl (C=O) groups is 1. The molecule has 1 saturated heterocycles. The molecule has 1 N–H and O–H groups in total. The minimum Gasteiger partial charge on any atom is -0.444 e. The summed E-state index contributed by atoms with van der Waals surface area (Å²) in [5, 5.41) is 8.48. The fourth-order valence-electron chi connectivity index (χ4n) is 4.91. The quantitative estimate of drug-likeness (QED) is 0.308. The highest BCUT2D eigenvalue weighted by Gasteiger charge is 2.21. The van der Waals surface area contributed by atoms with Gasteiger partial charge in [0.15, 0.2) is 0 Å². The van der Waals surface area contributed by atoms with E-state index in [1.165, 1.54) is 0 Å². The topological polar surface area (TPSA) is 102 Å². The lowest BCUT2D eigenvalue weighted by Gasteiger charge is -2.30. The number of rotatable bonds is 7. The zero-order valence-corrected chi connectivity index (χ0v) is 25.8. The van der Waals surface area contributed by atoms with Crippen LogP contribution < -0.4 is 15.9 Å². The van der Waals surface area contributed by atoms with E-state index in [1.54, 1.807) is 34.0 Å². The molecule has 42 heavy (non-hydrogen) atoms. The van der Waals surface area contributed by atoms with Gasteiger partial charge in [-0.15, -0.1) is 11.3 Å². The minimum atomic E-state index is -0.552. The number of fused-ring (bicyclic) bond motifs is 1. The van der Waals surface area contributed by atoms with Gasteiger partial charge in [0, 0.05) is 30.7 Å². The first-order chi connectivity index (χ1) is 20.0. The molecule has 0 aliphatic carbocycles. The first kappa shape index (κ1) is 29.5. The molecule has 10 nitrogen and oxygen atoms in total. The van der Waals surface area contributed by atoms with E-state index >= 15 is 0 Å². The van der Waals surface area contributed by atoms with Crippen molar-refractivity contribution in [2.45, 2.75) is 52.8 Å². The molecule has 1 unspecified atom stereocenters. The number of thiophene rings is 1. The van der Waals surface area contributed by atoms with Gasteiger partial charge >= 0.3 is 6.09 Å². The van der Waals surface area contributed by atoms with Crippen LogP contribution in [0.2, 0.25) is 0 Å². The lowest BCUT2D eigenvalue weighted by Crippen LogP contribution is -2.48. The molecule has 0 bridgehead atoms. The summed E-state index contributed by atoms with van der Waals surface area (Å²) in [5.74, 6) is 1.27. The molecular formula is C31H38N6O4S. The number of hydrogen-bond acceptors (Lipinski definition) is 9. The molecule has 0 spiro atoms. The maximum absolute atomic E-state index is 12.9. The van der Waals surface area contributed by atoms with Crippen molar-refractivity contribution in [2.75, 3.05) is 43.7 Å². The van der Waals surface area contributed by atoms with E-state index in [-0.39, 0.29) is 17.7 Å². The Morgan fingerprint density at radius 3 is 2.67 bits per heavy atom. The van der Waals surface area contributed by atoms with E-state index in [0.717, 1.165) is 27.0 Å². The lowest BCUT2D eigenvalue weighted by atomic mass is 10.0. The van der Waals surface area contributed by atoms with Crippen molar-refractivity contribution in [2.24, 2.45) is 0 Å². The van der Waals surface area contributed by atoms with Crippen molar-refractivity contribution in [3.63, 3.8) is 0 Å². The summed E-state index contributed by atoms with van der Waals surface area (Å²) in [6, 6.07) is 11.8. The van der Waals surface area contributed by atoms with Gasteiger partial charge in [0.25, 0.3) is 5.56 Å². The third-order valence-electron chi connectivity index (χ3n) is 6.96. The van der Waals surface area contributed by atoms with Gasteiger partial charge in [-0.2, -0.15) is 0 Å². The van der Waals surface area contributed by atoms with E-state index in [2.05, 4.69) is 34.7 Å².